The first-order valence-corrected chi connectivity index (χ1v) is 5.11. The summed E-state index contributed by atoms with van der Waals surface area (Å²) in [4.78, 5) is 24.5. The van der Waals surface area contributed by atoms with Crippen LogP contribution in [0.3, 0.4) is 0 Å². The highest BCUT2D eigenvalue weighted by Crippen LogP contribution is 2.33. The summed E-state index contributed by atoms with van der Waals surface area (Å²) in [6.07, 6.45) is -4.85. The van der Waals surface area contributed by atoms with Gasteiger partial charge >= 0.3 is 12.3 Å². The molecule has 1 aromatic heterocycles. The predicted molar refractivity (Wildman–Crippen MR) is 58.0 cm³/mol. The van der Waals surface area contributed by atoms with Crippen molar-refractivity contribution in [1.82, 2.24) is 4.98 Å². The molecule has 0 atom stereocenters. The monoisotopic (exact) mass is 294 g/mol. The van der Waals surface area contributed by atoms with E-state index in [4.69, 9.17) is 0 Å². The number of ether oxygens (including phenoxy) is 2. The summed E-state index contributed by atoms with van der Waals surface area (Å²) in [5, 5.41) is 10.9. The molecule has 0 aliphatic heterocycles. The quantitative estimate of drug-likeness (QED) is 0.478. The average molecular weight is 294 g/mol. The second kappa shape index (κ2) is 5.72. The molecular weight excluding hydrogens is 285 g/mol. The molecule has 0 fully saturated rings. The van der Waals surface area contributed by atoms with Crippen LogP contribution in [0.5, 0.6) is 5.75 Å². The highest BCUT2D eigenvalue weighted by Gasteiger charge is 2.34. The maximum Gasteiger partial charge on any atom is 0.573 e. The third kappa shape index (κ3) is 3.80. The Balaban J connectivity index is 3.27. The van der Waals surface area contributed by atoms with Gasteiger partial charge in [0, 0.05) is 0 Å². The van der Waals surface area contributed by atoms with Crippen molar-refractivity contribution in [3.63, 3.8) is 0 Å². The number of hydrogen-bond donors (Lipinski definition) is 0. The van der Waals surface area contributed by atoms with Crippen molar-refractivity contribution in [2.75, 3.05) is 7.11 Å². The fourth-order valence-corrected chi connectivity index (χ4v) is 1.44. The van der Waals surface area contributed by atoms with Gasteiger partial charge in [-0.1, -0.05) is 0 Å². The SMILES string of the molecule is COC(=O)Cc1ncc(OC(F)(F)F)c(C)c1[N+](=O)[O-]. The van der Waals surface area contributed by atoms with Crippen molar-refractivity contribution < 1.29 is 32.4 Å². The molecule has 1 rings (SSSR count). The Labute approximate surface area is 110 Å². The normalized spacial score (nSPS) is 11.1. The lowest BCUT2D eigenvalue weighted by Crippen LogP contribution is -2.19. The van der Waals surface area contributed by atoms with Gasteiger partial charge in [-0.15, -0.1) is 13.2 Å². The molecule has 0 bridgehead atoms. The number of rotatable bonds is 4. The number of aromatic nitrogens is 1. The maximum absolute atomic E-state index is 12.1. The first-order valence-electron chi connectivity index (χ1n) is 5.11. The van der Waals surface area contributed by atoms with E-state index in [-0.39, 0.29) is 11.3 Å². The zero-order chi connectivity index (χ0) is 15.5. The van der Waals surface area contributed by atoms with E-state index >= 15 is 0 Å². The number of esters is 1. The number of methoxy groups -OCH3 is 1. The molecule has 0 N–H and O–H groups in total. The van der Waals surface area contributed by atoms with Crippen LogP contribution >= 0.6 is 0 Å². The van der Waals surface area contributed by atoms with Gasteiger partial charge in [0.25, 0.3) is 5.69 Å². The van der Waals surface area contributed by atoms with Gasteiger partial charge in [-0.25, -0.2) is 4.98 Å². The van der Waals surface area contributed by atoms with Crippen LogP contribution in [0, 0.1) is 17.0 Å². The summed E-state index contributed by atoms with van der Waals surface area (Å²) in [6, 6.07) is 0. The molecule has 1 aromatic rings. The van der Waals surface area contributed by atoms with Crippen molar-refractivity contribution in [3.05, 3.63) is 27.6 Å². The van der Waals surface area contributed by atoms with Gasteiger partial charge in [0.05, 0.1) is 30.2 Å². The molecule has 0 spiro atoms. The molecule has 0 saturated heterocycles. The Bertz CT molecular complexity index is 544. The molecule has 0 radical (unpaired) electrons. The molecule has 110 valence electrons. The van der Waals surface area contributed by atoms with Gasteiger partial charge in [-0.05, 0) is 6.92 Å². The average Bonchev–Trinajstić information content (AvgIpc) is 2.30. The molecule has 0 aliphatic carbocycles. The van der Waals surface area contributed by atoms with Crippen molar-refractivity contribution in [1.29, 1.82) is 0 Å². The van der Waals surface area contributed by atoms with E-state index in [0.29, 0.717) is 6.20 Å². The molecule has 0 aliphatic rings. The largest absolute Gasteiger partial charge is 0.573 e. The van der Waals surface area contributed by atoms with E-state index in [2.05, 4.69) is 14.5 Å². The van der Waals surface area contributed by atoms with Crippen molar-refractivity contribution in [2.45, 2.75) is 19.7 Å². The third-order valence-electron chi connectivity index (χ3n) is 2.28. The summed E-state index contributed by atoms with van der Waals surface area (Å²) < 4.78 is 44.3. The summed E-state index contributed by atoms with van der Waals surface area (Å²) in [5.41, 5.74) is -1.38. The van der Waals surface area contributed by atoms with Crippen LogP contribution in [-0.4, -0.2) is 29.3 Å². The topological polar surface area (TPSA) is 91.6 Å². The Morgan fingerprint density at radius 1 is 1.50 bits per heavy atom. The van der Waals surface area contributed by atoms with E-state index in [0.717, 1.165) is 14.0 Å². The van der Waals surface area contributed by atoms with E-state index in [1.807, 2.05) is 0 Å². The Morgan fingerprint density at radius 2 is 2.10 bits per heavy atom. The zero-order valence-electron chi connectivity index (χ0n) is 10.4. The molecular formula is C10H9F3N2O5. The van der Waals surface area contributed by atoms with Gasteiger partial charge in [0.1, 0.15) is 5.69 Å². The van der Waals surface area contributed by atoms with Crippen LogP contribution in [0.25, 0.3) is 0 Å². The van der Waals surface area contributed by atoms with Crippen LogP contribution in [0.4, 0.5) is 18.9 Å². The Hall–Kier alpha value is -2.39. The number of nitro groups is 1. The van der Waals surface area contributed by atoms with E-state index in [9.17, 15) is 28.1 Å². The van der Waals surface area contributed by atoms with Gasteiger partial charge in [-0.3, -0.25) is 14.9 Å². The molecule has 0 amide bonds. The number of halogens is 3. The molecule has 0 unspecified atom stereocenters. The number of alkyl halides is 3. The standard InChI is InChI=1S/C10H9F3N2O5/c1-5-7(20-10(11,12)13)4-14-6(3-8(16)19-2)9(5)15(17)18/h4H,3H2,1-2H3. The molecule has 20 heavy (non-hydrogen) atoms. The highest BCUT2D eigenvalue weighted by atomic mass is 19.4. The molecule has 1 heterocycles. The lowest BCUT2D eigenvalue weighted by Gasteiger charge is -2.12. The first kappa shape index (κ1) is 15.7. The van der Waals surface area contributed by atoms with Crippen molar-refractivity contribution in [2.24, 2.45) is 0 Å². The van der Waals surface area contributed by atoms with Crippen LogP contribution in [0.15, 0.2) is 6.20 Å². The van der Waals surface area contributed by atoms with E-state index in [1.165, 1.54) is 0 Å². The van der Waals surface area contributed by atoms with Crippen molar-refractivity contribution >= 4 is 11.7 Å². The number of pyridine rings is 1. The van der Waals surface area contributed by atoms with Gasteiger partial charge < -0.3 is 9.47 Å². The van der Waals surface area contributed by atoms with Gasteiger partial charge in [-0.2, -0.15) is 0 Å². The second-order valence-corrected chi connectivity index (χ2v) is 3.60. The summed E-state index contributed by atoms with van der Waals surface area (Å²) in [5.74, 6) is -1.60. The second-order valence-electron chi connectivity index (χ2n) is 3.60. The molecule has 7 nitrogen and oxygen atoms in total. The number of hydrogen-bond acceptors (Lipinski definition) is 6. The summed E-state index contributed by atoms with van der Waals surface area (Å²) >= 11 is 0. The molecule has 10 heteroatoms. The summed E-state index contributed by atoms with van der Waals surface area (Å²) in [7, 11) is 1.07. The maximum atomic E-state index is 12.1. The number of nitrogens with zero attached hydrogens (tertiary/aromatic N) is 2. The highest BCUT2D eigenvalue weighted by molar-refractivity contribution is 5.73. The lowest BCUT2D eigenvalue weighted by atomic mass is 10.1. The number of carbonyl (C=O) groups is 1. The fourth-order valence-electron chi connectivity index (χ4n) is 1.44. The van der Waals surface area contributed by atoms with Crippen LogP contribution in [0.1, 0.15) is 11.3 Å². The third-order valence-corrected chi connectivity index (χ3v) is 2.28. The lowest BCUT2D eigenvalue weighted by molar-refractivity contribution is -0.386. The van der Waals surface area contributed by atoms with E-state index in [1.54, 1.807) is 0 Å². The minimum absolute atomic E-state index is 0.297. The van der Waals surface area contributed by atoms with Crippen LogP contribution in [-0.2, 0) is 16.0 Å². The number of carbonyl (C=O) groups excluding carboxylic acids is 1. The molecule has 0 saturated carbocycles. The minimum atomic E-state index is -5.00. The predicted octanol–water partition coefficient (Wildman–Crippen LogP) is 1.91. The Kier molecular flexibility index (Phi) is 4.48. The fraction of sp³-hybridized carbons (Fsp3) is 0.400. The van der Waals surface area contributed by atoms with Gasteiger partial charge in [0.2, 0.25) is 0 Å². The Morgan fingerprint density at radius 3 is 2.55 bits per heavy atom. The van der Waals surface area contributed by atoms with Gasteiger partial charge in [0.15, 0.2) is 5.75 Å². The molecule has 0 aromatic carbocycles. The zero-order valence-corrected chi connectivity index (χ0v) is 10.4. The minimum Gasteiger partial charge on any atom is -0.469 e. The summed E-state index contributed by atoms with van der Waals surface area (Å²) in [6.45, 7) is 1.07. The van der Waals surface area contributed by atoms with Crippen molar-refractivity contribution in [3.8, 4) is 5.75 Å². The van der Waals surface area contributed by atoms with Crippen LogP contribution < -0.4 is 4.74 Å². The first-order chi connectivity index (χ1) is 9.15. The van der Waals surface area contributed by atoms with E-state index < -0.39 is 35.1 Å². The smallest absolute Gasteiger partial charge is 0.469 e. The van der Waals surface area contributed by atoms with Crippen LogP contribution in [0.2, 0.25) is 0 Å².